The van der Waals surface area contributed by atoms with E-state index in [0.717, 1.165) is 65.0 Å². The Morgan fingerprint density at radius 1 is 1.15 bits per heavy atom. The van der Waals surface area contributed by atoms with Crippen LogP contribution in [0.2, 0.25) is 18.1 Å². The molecule has 0 spiro atoms. The first-order valence-corrected chi connectivity index (χ1v) is 16.9. The fraction of sp³-hybridized carbons (Fsp3) is 0.567. The Hall–Kier alpha value is -1.55. The average molecular weight is 561 g/mol. The second kappa shape index (κ2) is 13.9. The van der Waals surface area contributed by atoms with Crippen molar-refractivity contribution in [1.82, 2.24) is 14.9 Å². The molecule has 0 atom stereocenters. The summed E-state index contributed by atoms with van der Waals surface area (Å²) in [5.41, 5.74) is 4.47. The molecule has 39 heavy (non-hydrogen) atoms. The fourth-order valence-corrected chi connectivity index (χ4v) is 6.12. The number of hydrogen-bond donors (Lipinski definition) is 1. The summed E-state index contributed by atoms with van der Waals surface area (Å²) in [5, 5.41) is 9.32. The maximum atomic E-state index is 11.1. The van der Waals surface area contributed by atoms with Gasteiger partial charge in [0.15, 0.2) is 8.32 Å². The Labute approximate surface area is 259 Å². The van der Waals surface area contributed by atoms with Crippen molar-refractivity contribution in [1.29, 1.82) is 0 Å². The number of aromatic nitrogens is 2. The minimum atomic E-state index is -1.77. The average Bonchev–Trinajstić information content (AvgIpc) is 3.30. The molecule has 1 N–H and O–H groups in total. The molecule has 9 heteroatoms. The van der Waals surface area contributed by atoms with E-state index in [1.807, 2.05) is 0 Å². The molecule has 1 aromatic heterocycles. The van der Waals surface area contributed by atoms with Gasteiger partial charge in [0, 0.05) is 51.7 Å². The Morgan fingerprint density at radius 3 is 2.46 bits per heavy atom. The van der Waals surface area contributed by atoms with Crippen LogP contribution in [-0.4, -0.2) is 73.6 Å². The van der Waals surface area contributed by atoms with E-state index in [9.17, 15) is 4.79 Å². The fourth-order valence-electron chi connectivity index (χ4n) is 5.09. The number of fused-ring (bicyclic) bond motifs is 1. The first kappa shape index (κ1) is 32.0. The van der Waals surface area contributed by atoms with E-state index >= 15 is 0 Å². The third kappa shape index (κ3) is 8.47. The van der Waals surface area contributed by atoms with Gasteiger partial charge in [0.05, 0.1) is 5.56 Å². The van der Waals surface area contributed by atoms with Crippen molar-refractivity contribution in [3.63, 3.8) is 0 Å². The van der Waals surface area contributed by atoms with Gasteiger partial charge in [0.2, 0.25) is 5.95 Å². The zero-order chi connectivity index (χ0) is 27.3. The largest absolute Gasteiger partial charge is 1.00 e. The Morgan fingerprint density at radius 2 is 1.82 bits per heavy atom. The van der Waals surface area contributed by atoms with Gasteiger partial charge in [0.25, 0.3) is 0 Å². The van der Waals surface area contributed by atoms with Crippen LogP contribution in [0.5, 0.6) is 0 Å². The van der Waals surface area contributed by atoms with E-state index in [1.54, 1.807) is 0 Å². The molecule has 0 saturated carbocycles. The van der Waals surface area contributed by atoms with Crippen LogP contribution >= 0.6 is 0 Å². The van der Waals surface area contributed by atoms with Gasteiger partial charge in [-0.3, -0.25) is 0 Å². The number of allylic oxidation sites excluding steroid dienone is 1. The summed E-state index contributed by atoms with van der Waals surface area (Å²) in [4.78, 5) is 24.5. The van der Waals surface area contributed by atoms with E-state index in [2.05, 4.69) is 84.0 Å². The Bertz CT molecular complexity index is 1130. The Balaban J connectivity index is 0.00000280. The van der Waals surface area contributed by atoms with Crippen molar-refractivity contribution in [3.05, 3.63) is 59.4 Å². The van der Waals surface area contributed by atoms with Crippen LogP contribution in [-0.2, 0) is 10.8 Å². The minimum Gasteiger partial charge on any atom is -1.00 e. The van der Waals surface area contributed by atoms with Gasteiger partial charge < -0.3 is 20.8 Å². The summed E-state index contributed by atoms with van der Waals surface area (Å²) in [6.45, 7) is 17.2. The zero-order valence-electron chi connectivity index (χ0n) is 25.7. The molecule has 0 radical (unpaired) electrons. The van der Waals surface area contributed by atoms with Crippen LogP contribution in [0, 0.1) is 5.92 Å². The van der Waals surface area contributed by atoms with Crippen LogP contribution in [0.1, 0.15) is 62.9 Å². The maximum absolute atomic E-state index is 11.1. The Kier molecular flexibility index (Phi) is 11.4. The topological polar surface area (TPSA) is 78.8 Å². The van der Waals surface area contributed by atoms with E-state index in [-0.39, 0.29) is 41.6 Å². The maximum Gasteiger partial charge on any atom is 1.00 e. The number of carboxylic acids is 1. The number of carbonyl (C=O) groups is 1. The summed E-state index contributed by atoms with van der Waals surface area (Å²) < 4.78 is 6.56. The van der Waals surface area contributed by atoms with Crippen LogP contribution in [0.3, 0.4) is 0 Å². The van der Waals surface area contributed by atoms with Crippen molar-refractivity contribution in [3.8, 4) is 0 Å². The third-order valence-electron chi connectivity index (χ3n) is 8.60. The van der Waals surface area contributed by atoms with E-state index in [0.29, 0.717) is 11.9 Å². The van der Waals surface area contributed by atoms with Gasteiger partial charge in [-0.15, -0.1) is 0 Å². The first-order valence-electron chi connectivity index (χ1n) is 14.0. The predicted molar refractivity (Wildman–Crippen MR) is 157 cm³/mol. The summed E-state index contributed by atoms with van der Waals surface area (Å²) in [7, 11) is -1.77. The van der Waals surface area contributed by atoms with Gasteiger partial charge in [0.1, 0.15) is 0 Å². The SMILES string of the molecule is CC(C)(C)[Si](C)(C)OCCN(CCC1=CCc2ccccc21)CC1CCN(c2ncc(C(=O)O)cn2)CC1.[H-].[Na+]. The van der Waals surface area contributed by atoms with E-state index in [1.165, 1.54) is 29.1 Å². The first-order chi connectivity index (χ1) is 18.0. The van der Waals surface area contributed by atoms with Crippen LogP contribution in [0.25, 0.3) is 5.57 Å². The van der Waals surface area contributed by atoms with Crippen molar-refractivity contribution < 1.29 is 45.3 Å². The van der Waals surface area contributed by atoms with Crippen LogP contribution in [0.15, 0.2) is 42.7 Å². The normalized spacial score (nSPS) is 16.2. The number of rotatable bonds is 11. The number of nitrogens with zero attached hydrogens (tertiary/aromatic N) is 4. The summed E-state index contributed by atoms with van der Waals surface area (Å²) in [6.07, 6.45) is 9.48. The molecule has 2 heterocycles. The number of piperidine rings is 1. The number of anilines is 1. The van der Waals surface area contributed by atoms with Gasteiger partial charge >= 0.3 is 35.5 Å². The molecule has 1 aliphatic heterocycles. The van der Waals surface area contributed by atoms with Gasteiger partial charge in [-0.05, 0) is 66.4 Å². The van der Waals surface area contributed by atoms with Gasteiger partial charge in [-0.1, -0.05) is 51.1 Å². The molecule has 208 valence electrons. The minimum absolute atomic E-state index is 0. The monoisotopic (exact) mass is 560 g/mol. The molecule has 1 fully saturated rings. The molecule has 1 aromatic carbocycles. The standard InChI is InChI=1S/C30H44N4O3Si.Na.H/c1-30(2,3)38(4,5)37-19-18-33(15-14-25-11-10-24-8-6-7-9-27(24)25)22-23-12-16-34(17-13-23)29-31-20-26(21-32-29)28(35)36;;/h6-9,11,20-21,23H,10,12-19,22H2,1-5H3,(H,35,36);;/q;+1;-1. The smallest absolute Gasteiger partial charge is 1.00 e. The molecule has 7 nitrogen and oxygen atoms in total. The molecule has 4 rings (SSSR count). The second-order valence-corrected chi connectivity index (χ2v) is 17.1. The summed E-state index contributed by atoms with van der Waals surface area (Å²) in [5.74, 6) is 0.243. The molecular formula is C30H45N4NaO3Si. The molecule has 0 amide bonds. The number of carboxylic acid groups (broad SMARTS) is 1. The number of aromatic carboxylic acids is 1. The van der Waals surface area contributed by atoms with Gasteiger partial charge in [-0.25, -0.2) is 14.8 Å². The second-order valence-electron chi connectivity index (χ2n) is 12.3. The van der Waals surface area contributed by atoms with Crippen LogP contribution in [0.4, 0.5) is 5.95 Å². The van der Waals surface area contributed by atoms with Crippen molar-refractivity contribution in [2.24, 2.45) is 5.92 Å². The quantitative estimate of drug-likeness (QED) is 0.424. The molecule has 0 bridgehead atoms. The molecular weight excluding hydrogens is 515 g/mol. The molecule has 0 unspecified atom stereocenters. The van der Waals surface area contributed by atoms with E-state index < -0.39 is 14.3 Å². The molecule has 1 saturated heterocycles. The number of hydrogen-bond acceptors (Lipinski definition) is 6. The molecule has 2 aromatic rings. The predicted octanol–water partition coefficient (Wildman–Crippen LogP) is 2.86. The van der Waals surface area contributed by atoms with Crippen LogP contribution < -0.4 is 34.5 Å². The van der Waals surface area contributed by atoms with Crippen molar-refractivity contribution >= 4 is 25.8 Å². The van der Waals surface area contributed by atoms with Gasteiger partial charge in [-0.2, -0.15) is 0 Å². The zero-order valence-corrected chi connectivity index (χ0v) is 27.7. The third-order valence-corrected chi connectivity index (χ3v) is 13.1. The van der Waals surface area contributed by atoms with Crippen molar-refractivity contribution in [2.45, 2.75) is 64.6 Å². The number of benzene rings is 1. The molecule has 2 aliphatic rings. The summed E-state index contributed by atoms with van der Waals surface area (Å²) >= 11 is 0. The van der Waals surface area contributed by atoms with Crippen molar-refractivity contribution in [2.75, 3.05) is 44.2 Å². The molecule has 1 aliphatic carbocycles. The summed E-state index contributed by atoms with van der Waals surface area (Å²) in [6, 6.07) is 8.80. The van der Waals surface area contributed by atoms with E-state index in [4.69, 9.17) is 9.53 Å².